The SMILES string of the molecule is COc1ccc(C(=O)Nc2nc(C(C)=O)cs2)cc1S(=O)(=O)N(C)Cc1ccccc1. The van der Waals surface area contributed by atoms with Crippen LogP contribution in [0.25, 0.3) is 0 Å². The second-order valence-electron chi connectivity index (χ2n) is 6.66. The molecule has 10 heteroatoms. The number of anilines is 1. The number of rotatable bonds is 8. The van der Waals surface area contributed by atoms with Gasteiger partial charge in [0.1, 0.15) is 16.3 Å². The number of sulfonamides is 1. The first kappa shape index (κ1) is 22.6. The number of nitrogens with one attached hydrogen (secondary N) is 1. The molecule has 0 atom stereocenters. The minimum absolute atomic E-state index is 0.118. The molecule has 0 radical (unpaired) electrons. The molecule has 1 amide bonds. The Labute approximate surface area is 184 Å². The molecule has 0 fully saturated rings. The van der Waals surface area contributed by atoms with Crippen LogP contribution in [-0.4, -0.2) is 43.6 Å². The van der Waals surface area contributed by atoms with E-state index in [-0.39, 0.29) is 39.4 Å². The summed E-state index contributed by atoms with van der Waals surface area (Å²) in [5, 5.41) is 4.37. The van der Waals surface area contributed by atoms with Gasteiger partial charge in [0, 0.05) is 31.5 Å². The number of ether oxygens (including phenoxy) is 1. The molecular formula is C21H21N3O5S2. The summed E-state index contributed by atoms with van der Waals surface area (Å²) in [5.41, 5.74) is 1.19. The fraction of sp³-hybridized carbons (Fsp3) is 0.190. The highest BCUT2D eigenvalue weighted by Gasteiger charge is 2.26. The van der Waals surface area contributed by atoms with E-state index in [2.05, 4.69) is 10.3 Å². The van der Waals surface area contributed by atoms with Crippen molar-refractivity contribution in [3.63, 3.8) is 0 Å². The van der Waals surface area contributed by atoms with Gasteiger partial charge >= 0.3 is 0 Å². The summed E-state index contributed by atoms with van der Waals surface area (Å²) >= 11 is 1.11. The van der Waals surface area contributed by atoms with Crippen LogP contribution in [0.1, 0.15) is 33.3 Å². The highest BCUT2D eigenvalue weighted by Crippen LogP contribution is 2.29. The number of aromatic nitrogens is 1. The number of methoxy groups -OCH3 is 1. The predicted molar refractivity (Wildman–Crippen MR) is 118 cm³/mol. The van der Waals surface area contributed by atoms with Crippen molar-refractivity contribution in [2.24, 2.45) is 0 Å². The summed E-state index contributed by atoms with van der Waals surface area (Å²) < 4.78 is 32.8. The molecule has 1 aromatic heterocycles. The Kier molecular flexibility index (Phi) is 6.84. The Morgan fingerprint density at radius 2 is 1.87 bits per heavy atom. The number of hydrogen-bond donors (Lipinski definition) is 1. The second kappa shape index (κ2) is 9.38. The topological polar surface area (TPSA) is 106 Å². The Morgan fingerprint density at radius 1 is 1.16 bits per heavy atom. The van der Waals surface area contributed by atoms with Crippen molar-refractivity contribution in [3.8, 4) is 5.75 Å². The number of Topliss-reactive ketones (excluding diaryl/α,β-unsaturated/α-hetero) is 1. The summed E-state index contributed by atoms with van der Waals surface area (Å²) in [6.07, 6.45) is 0. The van der Waals surface area contributed by atoms with Gasteiger partial charge < -0.3 is 4.74 Å². The zero-order valence-electron chi connectivity index (χ0n) is 17.2. The molecular weight excluding hydrogens is 438 g/mol. The van der Waals surface area contributed by atoms with Crippen LogP contribution in [0, 0.1) is 0 Å². The molecule has 31 heavy (non-hydrogen) atoms. The Bertz CT molecular complexity index is 1210. The second-order valence-corrected chi connectivity index (χ2v) is 9.53. The van der Waals surface area contributed by atoms with Gasteiger partial charge in [0.15, 0.2) is 10.9 Å². The number of carbonyl (C=O) groups excluding carboxylic acids is 2. The number of thiazole rings is 1. The zero-order chi connectivity index (χ0) is 22.6. The molecule has 0 aliphatic heterocycles. The summed E-state index contributed by atoms with van der Waals surface area (Å²) in [6, 6.07) is 13.3. The molecule has 0 saturated heterocycles. The van der Waals surface area contributed by atoms with Gasteiger partial charge in [-0.05, 0) is 23.8 Å². The average molecular weight is 460 g/mol. The fourth-order valence-electron chi connectivity index (χ4n) is 2.78. The lowest BCUT2D eigenvalue weighted by Gasteiger charge is -2.19. The van der Waals surface area contributed by atoms with Gasteiger partial charge in [0.05, 0.1) is 7.11 Å². The van der Waals surface area contributed by atoms with Gasteiger partial charge in [0.25, 0.3) is 5.91 Å². The third-order valence-corrected chi connectivity index (χ3v) is 7.03. The van der Waals surface area contributed by atoms with E-state index in [0.29, 0.717) is 0 Å². The number of amides is 1. The fourth-order valence-corrected chi connectivity index (χ4v) is 4.86. The van der Waals surface area contributed by atoms with Crippen LogP contribution in [0.5, 0.6) is 5.75 Å². The van der Waals surface area contributed by atoms with Crippen molar-refractivity contribution in [2.75, 3.05) is 19.5 Å². The van der Waals surface area contributed by atoms with Gasteiger partial charge in [-0.1, -0.05) is 30.3 Å². The number of nitrogens with zero attached hydrogens (tertiary/aromatic N) is 2. The Hall–Kier alpha value is -3.08. The molecule has 0 bridgehead atoms. The van der Waals surface area contributed by atoms with Crippen LogP contribution in [0.4, 0.5) is 5.13 Å². The lowest BCUT2D eigenvalue weighted by molar-refractivity contribution is 0.100. The van der Waals surface area contributed by atoms with E-state index in [9.17, 15) is 18.0 Å². The monoisotopic (exact) mass is 459 g/mol. The average Bonchev–Trinajstić information content (AvgIpc) is 3.22. The van der Waals surface area contributed by atoms with E-state index in [1.165, 1.54) is 43.6 Å². The maximum atomic E-state index is 13.2. The lowest BCUT2D eigenvalue weighted by atomic mass is 10.2. The van der Waals surface area contributed by atoms with Crippen molar-refractivity contribution in [1.82, 2.24) is 9.29 Å². The van der Waals surface area contributed by atoms with Crippen molar-refractivity contribution < 1.29 is 22.7 Å². The minimum Gasteiger partial charge on any atom is -0.495 e. The predicted octanol–water partition coefficient (Wildman–Crippen LogP) is 3.43. The Morgan fingerprint density at radius 3 is 2.48 bits per heavy atom. The van der Waals surface area contributed by atoms with E-state index < -0.39 is 15.9 Å². The van der Waals surface area contributed by atoms with Crippen LogP contribution in [0.15, 0.2) is 58.8 Å². The van der Waals surface area contributed by atoms with Crippen LogP contribution in [0.2, 0.25) is 0 Å². The third kappa shape index (κ3) is 5.16. The minimum atomic E-state index is -3.95. The number of ketones is 1. The number of carbonyl (C=O) groups is 2. The molecule has 8 nitrogen and oxygen atoms in total. The maximum Gasteiger partial charge on any atom is 0.257 e. The van der Waals surface area contributed by atoms with Crippen LogP contribution in [-0.2, 0) is 16.6 Å². The summed E-state index contributed by atoms with van der Waals surface area (Å²) in [5.74, 6) is -0.630. The van der Waals surface area contributed by atoms with Crippen molar-refractivity contribution in [1.29, 1.82) is 0 Å². The zero-order valence-corrected chi connectivity index (χ0v) is 18.8. The molecule has 0 unspecified atom stereocenters. The van der Waals surface area contributed by atoms with E-state index in [1.54, 1.807) is 5.38 Å². The Balaban J connectivity index is 1.88. The summed E-state index contributed by atoms with van der Waals surface area (Å²) in [6.45, 7) is 1.54. The molecule has 0 aliphatic carbocycles. The van der Waals surface area contributed by atoms with E-state index in [4.69, 9.17) is 4.74 Å². The molecule has 3 aromatic rings. The molecule has 1 N–H and O–H groups in total. The highest BCUT2D eigenvalue weighted by atomic mass is 32.2. The number of benzene rings is 2. The van der Waals surface area contributed by atoms with E-state index >= 15 is 0 Å². The lowest BCUT2D eigenvalue weighted by Crippen LogP contribution is -2.27. The normalized spacial score (nSPS) is 11.4. The standard InChI is InChI=1S/C21H21N3O5S2/c1-14(25)17-13-30-21(22-17)23-20(26)16-9-10-18(29-3)19(11-16)31(27,28)24(2)12-15-7-5-4-6-8-15/h4-11,13H,12H2,1-3H3,(H,22,23,26). The maximum absolute atomic E-state index is 13.2. The van der Waals surface area contributed by atoms with Crippen LogP contribution >= 0.6 is 11.3 Å². The van der Waals surface area contributed by atoms with Gasteiger partial charge in [-0.25, -0.2) is 13.4 Å². The van der Waals surface area contributed by atoms with E-state index in [0.717, 1.165) is 16.9 Å². The van der Waals surface area contributed by atoms with Gasteiger partial charge in [-0.2, -0.15) is 4.31 Å². The summed E-state index contributed by atoms with van der Waals surface area (Å²) in [7, 11) is -1.11. The van der Waals surface area contributed by atoms with Crippen molar-refractivity contribution in [3.05, 3.63) is 70.7 Å². The molecule has 3 rings (SSSR count). The first-order chi connectivity index (χ1) is 14.7. The smallest absolute Gasteiger partial charge is 0.257 e. The largest absolute Gasteiger partial charge is 0.495 e. The van der Waals surface area contributed by atoms with Crippen molar-refractivity contribution >= 4 is 38.2 Å². The van der Waals surface area contributed by atoms with Gasteiger partial charge in [-0.3, -0.25) is 14.9 Å². The molecule has 0 aliphatic rings. The van der Waals surface area contributed by atoms with Crippen molar-refractivity contribution in [2.45, 2.75) is 18.4 Å². The van der Waals surface area contributed by atoms with Gasteiger partial charge in [0.2, 0.25) is 10.0 Å². The van der Waals surface area contributed by atoms with E-state index in [1.807, 2.05) is 30.3 Å². The molecule has 162 valence electrons. The molecule has 2 aromatic carbocycles. The van der Waals surface area contributed by atoms with Crippen LogP contribution in [0.3, 0.4) is 0 Å². The quantitative estimate of drug-likeness (QED) is 0.518. The molecule has 1 heterocycles. The third-order valence-electron chi connectivity index (χ3n) is 4.45. The molecule has 0 spiro atoms. The highest BCUT2D eigenvalue weighted by molar-refractivity contribution is 7.89. The molecule has 0 saturated carbocycles. The number of hydrogen-bond acceptors (Lipinski definition) is 7. The first-order valence-electron chi connectivity index (χ1n) is 9.18. The first-order valence-corrected chi connectivity index (χ1v) is 11.5. The van der Waals surface area contributed by atoms with Crippen LogP contribution < -0.4 is 10.1 Å². The van der Waals surface area contributed by atoms with Gasteiger partial charge in [-0.15, -0.1) is 11.3 Å². The summed E-state index contributed by atoms with van der Waals surface area (Å²) in [4.78, 5) is 28.0.